The first kappa shape index (κ1) is 21.0. The molecular weight excluding hydrogens is 392 g/mol. The molecule has 0 saturated carbocycles. The molecular formula is C24H30N4O3. The number of aliphatic imine (C=N–C) groups is 1. The maximum atomic E-state index is 12.4. The molecule has 2 aliphatic rings. The molecule has 1 unspecified atom stereocenters. The first-order valence-corrected chi connectivity index (χ1v) is 10.9. The summed E-state index contributed by atoms with van der Waals surface area (Å²) in [5.74, 6) is 2.84. The third-order valence-corrected chi connectivity index (χ3v) is 5.57. The minimum absolute atomic E-state index is 0.241. The zero-order valence-electron chi connectivity index (χ0n) is 18.0. The van der Waals surface area contributed by atoms with Crippen molar-refractivity contribution in [2.45, 2.75) is 26.3 Å². The fraction of sp³-hybridized carbons (Fsp3) is 0.417. The van der Waals surface area contributed by atoms with Crippen LogP contribution >= 0.6 is 0 Å². The predicted molar refractivity (Wildman–Crippen MR) is 120 cm³/mol. The van der Waals surface area contributed by atoms with E-state index in [9.17, 15) is 4.79 Å². The lowest BCUT2D eigenvalue weighted by atomic mass is 10.1. The van der Waals surface area contributed by atoms with Crippen molar-refractivity contribution in [3.8, 4) is 11.5 Å². The number of fused-ring (bicyclic) bond motifs is 1. The van der Waals surface area contributed by atoms with Crippen LogP contribution in [-0.4, -0.2) is 49.7 Å². The van der Waals surface area contributed by atoms with Crippen molar-refractivity contribution < 1.29 is 14.3 Å². The summed E-state index contributed by atoms with van der Waals surface area (Å²) in [6, 6.07) is 16.2. The highest BCUT2D eigenvalue weighted by molar-refractivity contribution is 5.81. The van der Waals surface area contributed by atoms with Crippen LogP contribution in [0.3, 0.4) is 0 Å². The molecule has 1 fully saturated rings. The zero-order valence-corrected chi connectivity index (χ0v) is 18.0. The van der Waals surface area contributed by atoms with E-state index in [0.717, 1.165) is 55.6 Å². The standard InChI is InChI=1S/C24H30N4O3/c1-2-25-24(26-14-19-8-9-21-22(12-19)31-17-30-21)27-15-20-13-23(29)28(16-20)11-10-18-6-4-3-5-7-18/h3-9,12,20H,2,10-11,13-17H2,1H3,(H2,25,26,27). The third kappa shape index (κ3) is 5.69. The molecule has 164 valence electrons. The summed E-state index contributed by atoms with van der Waals surface area (Å²) in [6.07, 6.45) is 1.48. The summed E-state index contributed by atoms with van der Waals surface area (Å²) in [7, 11) is 0. The van der Waals surface area contributed by atoms with Crippen molar-refractivity contribution in [2.75, 3.05) is 33.0 Å². The van der Waals surface area contributed by atoms with Gasteiger partial charge in [0.1, 0.15) is 0 Å². The van der Waals surface area contributed by atoms with Crippen molar-refractivity contribution in [1.29, 1.82) is 0 Å². The third-order valence-electron chi connectivity index (χ3n) is 5.57. The number of guanidine groups is 1. The molecule has 7 heteroatoms. The van der Waals surface area contributed by atoms with Crippen LogP contribution in [0.1, 0.15) is 24.5 Å². The second kappa shape index (κ2) is 10.2. The Morgan fingerprint density at radius 1 is 1.10 bits per heavy atom. The fourth-order valence-electron chi connectivity index (χ4n) is 3.91. The van der Waals surface area contributed by atoms with Crippen LogP contribution < -0.4 is 20.1 Å². The lowest BCUT2D eigenvalue weighted by Crippen LogP contribution is -2.40. The van der Waals surface area contributed by atoms with E-state index in [1.807, 2.05) is 48.2 Å². The zero-order chi connectivity index (χ0) is 21.5. The molecule has 0 aromatic heterocycles. The van der Waals surface area contributed by atoms with Gasteiger partial charge in [0.15, 0.2) is 17.5 Å². The molecule has 2 aliphatic heterocycles. The Balaban J connectivity index is 1.27. The van der Waals surface area contributed by atoms with Gasteiger partial charge in [0.05, 0.1) is 6.54 Å². The van der Waals surface area contributed by atoms with Crippen LogP contribution in [0.2, 0.25) is 0 Å². The van der Waals surface area contributed by atoms with Gasteiger partial charge >= 0.3 is 0 Å². The van der Waals surface area contributed by atoms with E-state index in [1.165, 1.54) is 5.56 Å². The molecule has 2 aromatic rings. The van der Waals surface area contributed by atoms with E-state index in [-0.39, 0.29) is 18.6 Å². The minimum atomic E-state index is 0.241. The Morgan fingerprint density at radius 2 is 1.94 bits per heavy atom. The van der Waals surface area contributed by atoms with Crippen molar-refractivity contribution in [3.05, 3.63) is 59.7 Å². The molecule has 7 nitrogen and oxygen atoms in total. The summed E-state index contributed by atoms with van der Waals surface area (Å²) in [5.41, 5.74) is 2.33. The van der Waals surface area contributed by atoms with Gasteiger partial charge in [-0.05, 0) is 36.6 Å². The maximum absolute atomic E-state index is 12.4. The second-order valence-corrected chi connectivity index (χ2v) is 7.91. The van der Waals surface area contributed by atoms with Gasteiger partial charge in [-0.3, -0.25) is 4.79 Å². The quantitative estimate of drug-likeness (QED) is 0.505. The summed E-state index contributed by atoms with van der Waals surface area (Å²) in [6.45, 7) is 5.92. The summed E-state index contributed by atoms with van der Waals surface area (Å²) < 4.78 is 10.8. The first-order valence-electron chi connectivity index (χ1n) is 10.9. The highest BCUT2D eigenvalue weighted by Gasteiger charge is 2.29. The Kier molecular flexibility index (Phi) is 6.92. The summed E-state index contributed by atoms with van der Waals surface area (Å²) in [4.78, 5) is 19.1. The van der Waals surface area contributed by atoms with Gasteiger partial charge in [-0.25, -0.2) is 4.99 Å². The number of hydrogen-bond acceptors (Lipinski definition) is 4. The van der Waals surface area contributed by atoms with Gasteiger partial charge in [0.25, 0.3) is 0 Å². The monoisotopic (exact) mass is 422 g/mol. The van der Waals surface area contributed by atoms with Crippen LogP contribution in [0.25, 0.3) is 0 Å². The van der Waals surface area contributed by atoms with Gasteiger partial charge in [0, 0.05) is 38.5 Å². The van der Waals surface area contributed by atoms with E-state index in [2.05, 4.69) is 27.8 Å². The number of amides is 1. The highest BCUT2D eigenvalue weighted by Crippen LogP contribution is 2.32. The number of carbonyl (C=O) groups excluding carboxylic acids is 1. The van der Waals surface area contributed by atoms with Crippen LogP contribution in [0, 0.1) is 5.92 Å². The van der Waals surface area contributed by atoms with Gasteiger partial charge in [-0.2, -0.15) is 0 Å². The summed E-state index contributed by atoms with van der Waals surface area (Å²) >= 11 is 0. The normalized spacial score (nSPS) is 17.8. The molecule has 1 atom stereocenters. The molecule has 31 heavy (non-hydrogen) atoms. The van der Waals surface area contributed by atoms with E-state index in [4.69, 9.17) is 9.47 Å². The number of carbonyl (C=O) groups is 1. The molecule has 2 aromatic carbocycles. The molecule has 4 rings (SSSR count). The molecule has 2 heterocycles. The van der Waals surface area contributed by atoms with Gasteiger partial charge in [-0.15, -0.1) is 0 Å². The molecule has 1 amide bonds. The number of likely N-dealkylation sites (tertiary alicyclic amines) is 1. The largest absolute Gasteiger partial charge is 0.454 e. The molecule has 0 radical (unpaired) electrons. The van der Waals surface area contributed by atoms with E-state index in [0.29, 0.717) is 13.0 Å². The van der Waals surface area contributed by atoms with Gasteiger partial charge < -0.3 is 25.0 Å². The van der Waals surface area contributed by atoms with E-state index >= 15 is 0 Å². The fourth-order valence-corrected chi connectivity index (χ4v) is 3.91. The van der Waals surface area contributed by atoms with Crippen LogP contribution in [-0.2, 0) is 17.8 Å². The van der Waals surface area contributed by atoms with Crippen LogP contribution in [0.15, 0.2) is 53.5 Å². The lowest BCUT2D eigenvalue weighted by molar-refractivity contribution is -0.127. The lowest BCUT2D eigenvalue weighted by Gasteiger charge is -2.18. The van der Waals surface area contributed by atoms with Crippen LogP contribution in [0.4, 0.5) is 0 Å². The number of hydrogen-bond donors (Lipinski definition) is 2. The van der Waals surface area contributed by atoms with Crippen molar-refractivity contribution >= 4 is 11.9 Å². The topological polar surface area (TPSA) is 75.2 Å². The number of nitrogens with zero attached hydrogens (tertiary/aromatic N) is 2. The van der Waals surface area contributed by atoms with Crippen molar-refractivity contribution in [3.63, 3.8) is 0 Å². The summed E-state index contributed by atoms with van der Waals surface area (Å²) in [5, 5.41) is 6.69. The molecule has 0 bridgehead atoms. The number of ether oxygens (including phenoxy) is 2. The SMILES string of the molecule is CCNC(=NCc1ccc2c(c1)OCO2)NCC1CC(=O)N(CCc2ccccc2)C1. The molecule has 1 saturated heterocycles. The van der Waals surface area contributed by atoms with Crippen molar-refractivity contribution in [1.82, 2.24) is 15.5 Å². The Labute approximate surface area is 183 Å². The molecule has 0 aliphatic carbocycles. The highest BCUT2D eigenvalue weighted by atomic mass is 16.7. The number of benzene rings is 2. The predicted octanol–water partition coefficient (Wildman–Crippen LogP) is 2.56. The minimum Gasteiger partial charge on any atom is -0.454 e. The van der Waals surface area contributed by atoms with Gasteiger partial charge in [0.2, 0.25) is 12.7 Å². The molecule has 0 spiro atoms. The van der Waals surface area contributed by atoms with Gasteiger partial charge in [-0.1, -0.05) is 36.4 Å². The molecule has 2 N–H and O–H groups in total. The Bertz CT molecular complexity index is 916. The van der Waals surface area contributed by atoms with E-state index in [1.54, 1.807) is 0 Å². The first-order chi connectivity index (χ1) is 15.2. The number of rotatable bonds is 8. The average Bonchev–Trinajstić information content (AvgIpc) is 3.40. The second-order valence-electron chi connectivity index (χ2n) is 7.91. The Morgan fingerprint density at radius 3 is 2.77 bits per heavy atom. The van der Waals surface area contributed by atoms with Crippen LogP contribution in [0.5, 0.6) is 11.5 Å². The Hall–Kier alpha value is -3.22. The maximum Gasteiger partial charge on any atom is 0.231 e. The smallest absolute Gasteiger partial charge is 0.231 e. The van der Waals surface area contributed by atoms with Crippen molar-refractivity contribution in [2.24, 2.45) is 10.9 Å². The average molecular weight is 423 g/mol. The number of nitrogens with one attached hydrogen (secondary N) is 2. The van der Waals surface area contributed by atoms with E-state index < -0.39 is 0 Å².